The van der Waals surface area contributed by atoms with Crippen molar-refractivity contribution in [3.05, 3.63) is 65.4 Å². The number of hydrogen-bond acceptors (Lipinski definition) is 5. The van der Waals surface area contributed by atoms with Crippen LogP contribution in [0.5, 0.6) is 0 Å². The summed E-state index contributed by atoms with van der Waals surface area (Å²) in [6.45, 7) is 2.82. The number of amides is 1. The number of rotatable bonds is 4. The van der Waals surface area contributed by atoms with Crippen molar-refractivity contribution in [2.75, 3.05) is 31.1 Å². The molecular weight excluding hydrogens is 364 g/mol. The molecule has 7 heteroatoms. The van der Waals surface area contributed by atoms with E-state index in [0.29, 0.717) is 36.0 Å². The lowest BCUT2D eigenvalue weighted by Crippen LogP contribution is -2.49. The summed E-state index contributed by atoms with van der Waals surface area (Å²) in [6, 6.07) is 14.9. The van der Waals surface area contributed by atoms with Gasteiger partial charge in [-0.3, -0.25) is 4.79 Å². The predicted octanol–water partition coefficient (Wildman–Crippen LogP) is 3.28. The van der Waals surface area contributed by atoms with E-state index < -0.39 is 0 Å². The van der Waals surface area contributed by atoms with E-state index in [-0.39, 0.29) is 5.91 Å². The van der Waals surface area contributed by atoms with Crippen molar-refractivity contribution in [2.24, 2.45) is 0 Å². The molecule has 6 nitrogen and oxygen atoms in total. The van der Waals surface area contributed by atoms with E-state index in [2.05, 4.69) is 15.1 Å². The monoisotopic (exact) mass is 382 g/mol. The summed E-state index contributed by atoms with van der Waals surface area (Å²) >= 11 is 5.89. The van der Waals surface area contributed by atoms with E-state index in [9.17, 15) is 4.79 Å². The van der Waals surface area contributed by atoms with Gasteiger partial charge in [0, 0.05) is 31.2 Å². The third-order valence-corrected chi connectivity index (χ3v) is 4.90. The molecule has 1 aromatic carbocycles. The average molecular weight is 383 g/mol. The molecule has 1 saturated heterocycles. The maximum atomic E-state index is 12.5. The van der Waals surface area contributed by atoms with Crippen molar-refractivity contribution in [2.45, 2.75) is 6.42 Å². The lowest BCUT2D eigenvalue weighted by Gasteiger charge is -2.35. The van der Waals surface area contributed by atoms with E-state index >= 15 is 0 Å². The number of anilines is 1. The van der Waals surface area contributed by atoms with Crippen molar-refractivity contribution < 1.29 is 9.21 Å². The first-order valence-electron chi connectivity index (χ1n) is 8.84. The normalized spacial score (nSPS) is 14.4. The molecule has 1 aliphatic heterocycles. The number of halogens is 1. The van der Waals surface area contributed by atoms with Gasteiger partial charge in [-0.25, -0.2) is 0 Å². The van der Waals surface area contributed by atoms with Gasteiger partial charge in [0.2, 0.25) is 5.91 Å². The fourth-order valence-corrected chi connectivity index (χ4v) is 3.25. The number of benzene rings is 1. The van der Waals surface area contributed by atoms with Crippen LogP contribution in [0.15, 0.2) is 59.2 Å². The van der Waals surface area contributed by atoms with Crippen LogP contribution in [-0.4, -0.2) is 47.2 Å². The van der Waals surface area contributed by atoms with Gasteiger partial charge in [0.25, 0.3) is 0 Å². The number of nitrogens with zero attached hydrogens (tertiary/aromatic N) is 4. The number of aromatic nitrogens is 2. The minimum Gasteiger partial charge on any atom is -0.463 e. The highest BCUT2D eigenvalue weighted by Crippen LogP contribution is 2.20. The second-order valence-electron chi connectivity index (χ2n) is 6.43. The fraction of sp³-hybridized carbons (Fsp3) is 0.250. The highest BCUT2D eigenvalue weighted by molar-refractivity contribution is 6.30. The Balaban J connectivity index is 1.33. The van der Waals surface area contributed by atoms with Crippen LogP contribution in [0.2, 0.25) is 5.02 Å². The third-order valence-electron chi connectivity index (χ3n) is 4.65. The summed E-state index contributed by atoms with van der Waals surface area (Å²) in [4.78, 5) is 16.6. The third kappa shape index (κ3) is 4.11. The van der Waals surface area contributed by atoms with Crippen LogP contribution in [0.3, 0.4) is 0 Å². The molecule has 4 rings (SSSR count). The highest BCUT2D eigenvalue weighted by atomic mass is 35.5. The molecule has 0 saturated carbocycles. The van der Waals surface area contributed by atoms with Gasteiger partial charge in [-0.2, -0.15) is 0 Å². The first-order chi connectivity index (χ1) is 13.2. The number of piperazine rings is 1. The quantitative estimate of drug-likeness (QED) is 0.693. The second kappa shape index (κ2) is 7.80. The molecule has 0 radical (unpaired) electrons. The average Bonchev–Trinajstić information content (AvgIpc) is 3.25. The van der Waals surface area contributed by atoms with Crippen LogP contribution in [0.1, 0.15) is 5.56 Å². The molecule has 3 heterocycles. The second-order valence-corrected chi connectivity index (χ2v) is 6.86. The van der Waals surface area contributed by atoms with Crippen LogP contribution >= 0.6 is 11.6 Å². The van der Waals surface area contributed by atoms with Gasteiger partial charge in [0.05, 0.1) is 12.7 Å². The lowest BCUT2D eigenvalue weighted by molar-refractivity contribution is -0.130. The summed E-state index contributed by atoms with van der Waals surface area (Å²) in [7, 11) is 0. The van der Waals surface area contributed by atoms with Gasteiger partial charge < -0.3 is 14.2 Å². The minimum absolute atomic E-state index is 0.135. The highest BCUT2D eigenvalue weighted by Gasteiger charge is 2.22. The van der Waals surface area contributed by atoms with Crippen molar-refractivity contribution >= 4 is 23.3 Å². The molecule has 3 aromatic rings. The number of carbonyl (C=O) groups excluding carboxylic acids is 1. The van der Waals surface area contributed by atoms with Gasteiger partial charge in [-0.1, -0.05) is 23.7 Å². The van der Waals surface area contributed by atoms with E-state index in [1.807, 2.05) is 53.4 Å². The number of furan rings is 1. The molecule has 138 valence electrons. The van der Waals surface area contributed by atoms with Gasteiger partial charge in [-0.15, -0.1) is 10.2 Å². The van der Waals surface area contributed by atoms with Crippen molar-refractivity contribution in [1.29, 1.82) is 0 Å². The van der Waals surface area contributed by atoms with E-state index in [0.717, 1.165) is 24.5 Å². The Labute approximate surface area is 162 Å². The van der Waals surface area contributed by atoms with Gasteiger partial charge >= 0.3 is 0 Å². The lowest BCUT2D eigenvalue weighted by atomic mass is 10.1. The van der Waals surface area contributed by atoms with Gasteiger partial charge in [-0.05, 0) is 42.0 Å². The van der Waals surface area contributed by atoms with E-state index in [1.54, 1.807) is 6.26 Å². The van der Waals surface area contributed by atoms with Crippen LogP contribution in [0, 0.1) is 0 Å². The van der Waals surface area contributed by atoms with Crippen molar-refractivity contribution in [1.82, 2.24) is 15.1 Å². The molecular formula is C20H19ClN4O2. The Morgan fingerprint density at radius 2 is 1.78 bits per heavy atom. The Morgan fingerprint density at radius 3 is 2.41 bits per heavy atom. The zero-order valence-electron chi connectivity index (χ0n) is 14.7. The topological polar surface area (TPSA) is 62.5 Å². The SMILES string of the molecule is O=C(Cc1ccc(Cl)cc1)N1CCN(c2ccc(-c3ccco3)nn2)CC1. The van der Waals surface area contributed by atoms with Crippen LogP contribution in [0.25, 0.3) is 11.5 Å². The maximum absolute atomic E-state index is 12.5. The van der Waals surface area contributed by atoms with Crippen molar-refractivity contribution in [3.63, 3.8) is 0 Å². The Bertz CT molecular complexity index is 887. The maximum Gasteiger partial charge on any atom is 0.227 e. The fourth-order valence-electron chi connectivity index (χ4n) is 3.12. The van der Waals surface area contributed by atoms with Crippen LogP contribution in [0.4, 0.5) is 5.82 Å². The van der Waals surface area contributed by atoms with E-state index in [4.69, 9.17) is 16.0 Å². The standard InChI is InChI=1S/C20H19ClN4O2/c21-16-5-3-15(4-6-16)14-20(26)25-11-9-24(10-12-25)19-8-7-17(22-23-19)18-2-1-13-27-18/h1-8,13H,9-12,14H2. The Kier molecular flexibility index (Phi) is 5.07. The molecule has 0 spiro atoms. The summed E-state index contributed by atoms with van der Waals surface area (Å²) in [5.74, 6) is 1.65. The Hall–Kier alpha value is -2.86. The van der Waals surface area contributed by atoms with Crippen LogP contribution < -0.4 is 4.90 Å². The molecule has 1 aliphatic rings. The largest absolute Gasteiger partial charge is 0.463 e. The summed E-state index contributed by atoms with van der Waals surface area (Å²) in [5, 5.41) is 9.22. The number of carbonyl (C=O) groups is 1. The predicted molar refractivity (Wildman–Crippen MR) is 104 cm³/mol. The first-order valence-corrected chi connectivity index (χ1v) is 9.21. The molecule has 0 atom stereocenters. The zero-order valence-corrected chi connectivity index (χ0v) is 15.5. The smallest absolute Gasteiger partial charge is 0.227 e. The summed E-state index contributed by atoms with van der Waals surface area (Å²) in [6.07, 6.45) is 2.01. The molecule has 0 aliphatic carbocycles. The Morgan fingerprint density at radius 1 is 1.00 bits per heavy atom. The summed E-state index contributed by atoms with van der Waals surface area (Å²) < 4.78 is 5.33. The van der Waals surface area contributed by atoms with Gasteiger partial charge in [0.15, 0.2) is 11.6 Å². The molecule has 1 fully saturated rings. The molecule has 1 amide bonds. The molecule has 0 N–H and O–H groups in total. The number of hydrogen-bond donors (Lipinski definition) is 0. The summed E-state index contributed by atoms with van der Waals surface area (Å²) in [5.41, 5.74) is 1.69. The molecule has 2 aromatic heterocycles. The molecule has 0 bridgehead atoms. The first kappa shape index (κ1) is 17.5. The van der Waals surface area contributed by atoms with Crippen LogP contribution in [-0.2, 0) is 11.2 Å². The molecule has 27 heavy (non-hydrogen) atoms. The van der Waals surface area contributed by atoms with E-state index in [1.165, 1.54) is 0 Å². The van der Waals surface area contributed by atoms with Gasteiger partial charge in [0.1, 0.15) is 5.69 Å². The van der Waals surface area contributed by atoms with Crippen molar-refractivity contribution in [3.8, 4) is 11.5 Å². The molecule has 0 unspecified atom stereocenters. The zero-order chi connectivity index (χ0) is 18.6. The minimum atomic E-state index is 0.135.